The predicted molar refractivity (Wildman–Crippen MR) is 106 cm³/mol. The summed E-state index contributed by atoms with van der Waals surface area (Å²) in [5, 5.41) is 0. The second-order valence-corrected chi connectivity index (χ2v) is 7.44. The van der Waals surface area contributed by atoms with Crippen molar-refractivity contribution in [3.8, 4) is 11.5 Å². The van der Waals surface area contributed by atoms with E-state index in [1.807, 2.05) is 12.1 Å². The van der Waals surface area contributed by atoms with E-state index in [-0.39, 0.29) is 5.41 Å². The van der Waals surface area contributed by atoms with Gasteiger partial charge in [0.1, 0.15) is 11.5 Å². The molecule has 0 amide bonds. The Labute approximate surface area is 151 Å². The molecule has 0 saturated carbocycles. The van der Waals surface area contributed by atoms with Crippen molar-refractivity contribution in [2.24, 2.45) is 0 Å². The van der Waals surface area contributed by atoms with Crippen molar-refractivity contribution in [3.05, 3.63) is 95.6 Å². The van der Waals surface area contributed by atoms with E-state index in [1.165, 1.54) is 16.7 Å². The van der Waals surface area contributed by atoms with Crippen molar-refractivity contribution in [2.75, 3.05) is 0 Å². The van der Waals surface area contributed by atoms with E-state index >= 15 is 0 Å². The zero-order valence-electron chi connectivity index (χ0n) is 15.3. The largest absolute Gasteiger partial charge is 0.457 e. The number of aryl methyl sites for hydroxylation is 2. The molecular weight excluding hydrogens is 304 g/mol. The molecule has 0 unspecified atom stereocenters. The fourth-order valence-electron chi connectivity index (χ4n) is 3.03. The number of hydrogen-bond donors (Lipinski definition) is 0. The van der Waals surface area contributed by atoms with Crippen molar-refractivity contribution >= 4 is 0 Å². The highest BCUT2D eigenvalue weighted by atomic mass is 16.5. The quantitative estimate of drug-likeness (QED) is 0.514. The number of hydrogen-bond acceptors (Lipinski definition) is 1. The van der Waals surface area contributed by atoms with Crippen molar-refractivity contribution in [2.45, 2.75) is 39.0 Å². The molecule has 25 heavy (non-hydrogen) atoms. The van der Waals surface area contributed by atoms with Crippen molar-refractivity contribution < 1.29 is 4.74 Å². The van der Waals surface area contributed by atoms with Crippen LogP contribution in [-0.2, 0) is 18.3 Å². The molecule has 3 aromatic rings. The maximum absolute atomic E-state index is 6.36. The Morgan fingerprint density at radius 1 is 0.640 bits per heavy atom. The molecule has 1 nitrogen and oxygen atoms in total. The molecule has 0 spiro atoms. The topological polar surface area (TPSA) is 9.23 Å². The number of benzene rings is 3. The van der Waals surface area contributed by atoms with E-state index in [2.05, 4.69) is 87.5 Å². The van der Waals surface area contributed by atoms with Crippen LogP contribution in [0.3, 0.4) is 0 Å². The van der Waals surface area contributed by atoms with Gasteiger partial charge in [0.15, 0.2) is 0 Å². The van der Waals surface area contributed by atoms with E-state index in [1.54, 1.807) is 0 Å². The lowest BCUT2D eigenvalue weighted by molar-refractivity contribution is 0.450. The van der Waals surface area contributed by atoms with Gasteiger partial charge in [-0.15, -0.1) is 0 Å². The van der Waals surface area contributed by atoms with Crippen LogP contribution in [0.25, 0.3) is 0 Å². The van der Waals surface area contributed by atoms with E-state index in [0.717, 1.165) is 24.3 Å². The molecule has 0 aliphatic carbocycles. The minimum Gasteiger partial charge on any atom is -0.457 e. The van der Waals surface area contributed by atoms with E-state index in [9.17, 15) is 0 Å². The molecular formula is C24H26O. The van der Waals surface area contributed by atoms with Crippen LogP contribution < -0.4 is 4.74 Å². The molecule has 0 aliphatic heterocycles. The first kappa shape index (κ1) is 17.3. The highest BCUT2D eigenvalue weighted by molar-refractivity contribution is 5.44. The van der Waals surface area contributed by atoms with Gasteiger partial charge >= 0.3 is 0 Å². The van der Waals surface area contributed by atoms with Crippen LogP contribution in [-0.4, -0.2) is 0 Å². The number of ether oxygens (including phenoxy) is 1. The molecule has 0 fully saturated rings. The molecule has 0 aromatic heterocycles. The highest BCUT2D eigenvalue weighted by Gasteiger charge is 2.19. The molecule has 3 aromatic carbocycles. The van der Waals surface area contributed by atoms with Crippen molar-refractivity contribution in [1.29, 1.82) is 0 Å². The molecule has 0 atom stereocenters. The van der Waals surface area contributed by atoms with Gasteiger partial charge in [0.2, 0.25) is 0 Å². The molecule has 0 aliphatic rings. The van der Waals surface area contributed by atoms with Crippen LogP contribution in [0, 0.1) is 0 Å². The lowest BCUT2D eigenvalue weighted by Gasteiger charge is -2.23. The first-order chi connectivity index (χ1) is 12.0. The Balaban J connectivity index is 1.82. The smallest absolute Gasteiger partial charge is 0.131 e. The first-order valence-electron chi connectivity index (χ1n) is 8.93. The standard InChI is InChI=1S/C24H26O/c1-24(2,3)21-14-8-10-16-23(21)25-22-15-9-7-13-20(22)18-17-19-11-5-4-6-12-19/h4-16H,17-18H2,1-3H3. The second kappa shape index (κ2) is 7.57. The fraction of sp³-hybridized carbons (Fsp3) is 0.250. The summed E-state index contributed by atoms with van der Waals surface area (Å²) in [5.74, 6) is 1.90. The van der Waals surface area contributed by atoms with Gasteiger partial charge in [0.05, 0.1) is 0 Å². The maximum Gasteiger partial charge on any atom is 0.131 e. The zero-order valence-corrected chi connectivity index (χ0v) is 15.3. The minimum atomic E-state index is 0.0512. The highest BCUT2D eigenvalue weighted by Crippen LogP contribution is 2.35. The predicted octanol–water partition coefficient (Wildman–Crippen LogP) is 6.56. The summed E-state index contributed by atoms with van der Waals surface area (Å²) < 4.78 is 6.36. The van der Waals surface area contributed by atoms with Crippen LogP contribution >= 0.6 is 0 Å². The average Bonchev–Trinajstić information content (AvgIpc) is 2.61. The van der Waals surface area contributed by atoms with Crippen LogP contribution in [0.1, 0.15) is 37.5 Å². The Hall–Kier alpha value is -2.54. The molecule has 0 heterocycles. The lowest BCUT2D eigenvalue weighted by atomic mass is 9.86. The van der Waals surface area contributed by atoms with Crippen LogP contribution in [0.4, 0.5) is 0 Å². The van der Waals surface area contributed by atoms with E-state index in [0.29, 0.717) is 0 Å². The van der Waals surface area contributed by atoms with E-state index in [4.69, 9.17) is 4.74 Å². The van der Waals surface area contributed by atoms with Crippen LogP contribution in [0.5, 0.6) is 11.5 Å². The Morgan fingerprint density at radius 2 is 1.24 bits per heavy atom. The van der Waals surface area contributed by atoms with Crippen molar-refractivity contribution in [3.63, 3.8) is 0 Å². The summed E-state index contributed by atoms with van der Waals surface area (Å²) >= 11 is 0. The summed E-state index contributed by atoms with van der Waals surface area (Å²) in [6.07, 6.45) is 1.99. The zero-order chi connectivity index (χ0) is 17.7. The van der Waals surface area contributed by atoms with E-state index < -0.39 is 0 Å². The Bertz CT molecular complexity index is 813. The summed E-state index contributed by atoms with van der Waals surface area (Å²) in [4.78, 5) is 0. The van der Waals surface area contributed by atoms with Crippen molar-refractivity contribution in [1.82, 2.24) is 0 Å². The SMILES string of the molecule is CC(C)(C)c1ccccc1Oc1ccccc1CCc1ccccc1. The van der Waals surface area contributed by atoms with Gasteiger partial charge < -0.3 is 4.74 Å². The third kappa shape index (κ3) is 4.51. The maximum atomic E-state index is 6.36. The third-order valence-electron chi connectivity index (χ3n) is 4.41. The van der Waals surface area contributed by atoms with Crippen LogP contribution in [0.15, 0.2) is 78.9 Å². The Kier molecular flexibility index (Phi) is 5.23. The summed E-state index contributed by atoms with van der Waals surface area (Å²) in [5.41, 5.74) is 3.88. The van der Waals surface area contributed by atoms with Gasteiger partial charge in [-0.25, -0.2) is 0 Å². The monoisotopic (exact) mass is 330 g/mol. The normalized spacial score (nSPS) is 11.3. The van der Waals surface area contributed by atoms with Gasteiger partial charge in [-0.3, -0.25) is 0 Å². The molecule has 1 heteroatoms. The number of para-hydroxylation sites is 2. The molecule has 0 saturated heterocycles. The van der Waals surface area contributed by atoms with Gasteiger partial charge in [-0.2, -0.15) is 0 Å². The molecule has 128 valence electrons. The molecule has 3 rings (SSSR count). The molecule has 0 radical (unpaired) electrons. The lowest BCUT2D eigenvalue weighted by Crippen LogP contribution is -2.12. The van der Waals surface area contributed by atoms with Gasteiger partial charge in [0, 0.05) is 5.56 Å². The average molecular weight is 330 g/mol. The molecule has 0 bridgehead atoms. The van der Waals surface area contributed by atoms with Gasteiger partial charge in [-0.05, 0) is 41.5 Å². The molecule has 0 N–H and O–H groups in total. The first-order valence-corrected chi connectivity index (χ1v) is 8.93. The summed E-state index contributed by atoms with van der Waals surface area (Å²) in [6, 6.07) is 27.3. The Morgan fingerprint density at radius 3 is 1.96 bits per heavy atom. The third-order valence-corrected chi connectivity index (χ3v) is 4.41. The minimum absolute atomic E-state index is 0.0512. The second-order valence-electron chi connectivity index (χ2n) is 7.44. The van der Waals surface area contributed by atoms with Crippen LogP contribution in [0.2, 0.25) is 0 Å². The summed E-state index contributed by atoms with van der Waals surface area (Å²) in [6.45, 7) is 6.66. The van der Waals surface area contributed by atoms with Gasteiger partial charge in [-0.1, -0.05) is 87.5 Å². The number of rotatable bonds is 5. The fourth-order valence-corrected chi connectivity index (χ4v) is 3.03. The summed E-state index contributed by atoms with van der Waals surface area (Å²) in [7, 11) is 0. The van der Waals surface area contributed by atoms with Gasteiger partial charge in [0.25, 0.3) is 0 Å².